The fourth-order valence-electron chi connectivity index (χ4n) is 11.2. The molecule has 8 rings (SSSR count). The number of rotatable bonds is 22. The Morgan fingerprint density at radius 3 is 0.719 bits per heavy atom. The zero-order chi connectivity index (χ0) is 65.4. The van der Waals surface area contributed by atoms with Gasteiger partial charge in [0.2, 0.25) is 0 Å². The highest BCUT2D eigenvalue weighted by Crippen LogP contribution is 2.37. The van der Waals surface area contributed by atoms with Crippen LogP contribution in [0.2, 0.25) is 0 Å². The number of ether oxygens (including phenoxy) is 15. The summed E-state index contributed by atoms with van der Waals surface area (Å²) in [5, 5.41) is 277. The molecule has 8 aliphatic heterocycles. The molecule has 26 N–H and O–H groups in total. The first-order valence-corrected chi connectivity index (χ1v) is 28.2. The van der Waals surface area contributed by atoms with Crippen LogP contribution in [0.1, 0.15) is 0 Å². The Morgan fingerprint density at radius 2 is 0.404 bits per heavy atom. The van der Waals surface area contributed by atoms with Crippen LogP contribution >= 0.6 is 0 Å². The summed E-state index contributed by atoms with van der Waals surface area (Å²) in [6.07, 6.45) is -79.5. The highest BCUT2D eigenvalue weighted by Gasteiger charge is 2.58. The molecular weight excluding hydrogens is 1230 g/mol. The minimum atomic E-state index is -2.38. The maximum atomic E-state index is 11.8. The molecule has 0 radical (unpaired) electrons. The van der Waals surface area contributed by atoms with Gasteiger partial charge in [0.05, 0.1) is 52.9 Å². The van der Waals surface area contributed by atoms with Gasteiger partial charge < -0.3 is 204 Å². The molecule has 41 nitrogen and oxygen atoms in total. The summed E-state index contributed by atoms with van der Waals surface area (Å²) in [5.74, 6) is 0. The molecule has 8 heterocycles. The molecule has 0 amide bonds. The van der Waals surface area contributed by atoms with Gasteiger partial charge in [-0.25, -0.2) is 0 Å². The van der Waals surface area contributed by atoms with Gasteiger partial charge in [-0.15, -0.1) is 0 Å². The van der Waals surface area contributed by atoms with Gasteiger partial charge in [0.15, 0.2) is 50.3 Å². The van der Waals surface area contributed by atoms with E-state index >= 15 is 0 Å². The van der Waals surface area contributed by atoms with Crippen LogP contribution in [0.4, 0.5) is 0 Å². The Morgan fingerprint density at radius 1 is 0.191 bits per heavy atom. The van der Waals surface area contributed by atoms with Crippen LogP contribution in [-0.4, -0.2) is 431 Å². The predicted octanol–water partition coefficient (Wildman–Crippen LogP) is -18.5. The van der Waals surface area contributed by atoms with Crippen molar-refractivity contribution in [2.45, 2.75) is 246 Å². The highest BCUT2D eigenvalue weighted by molar-refractivity contribution is 5.01. The molecule has 0 aliphatic carbocycles. The van der Waals surface area contributed by atoms with Gasteiger partial charge in [-0.1, -0.05) is 0 Å². The van der Waals surface area contributed by atoms with Crippen LogP contribution in [0.5, 0.6) is 0 Å². The van der Waals surface area contributed by atoms with Crippen molar-refractivity contribution in [3.63, 3.8) is 0 Å². The van der Waals surface area contributed by atoms with Crippen LogP contribution in [0.15, 0.2) is 0 Å². The lowest BCUT2D eigenvalue weighted by Gasteiger charge is -2.50. The Bertz CT molecular complexity index is 2130. The topological polar surface area (TPSA) is 664 Å². The zero-order valence-corrected chi connectivity index (χ0v) is 46.5. The van der Waals surface area contributed by atoms with Gasteiger partial charge in [0.1, 0.15) is 195 Å². The van der Waals surface area contributed by atoms with Gasteiger partial charge in [0, 0.05) is 0 Å². The van der Waals surface area contributed by atoms with Crippen molar-refractivity contribution in [1.82, 2.24) is 0 Å². The first kappa shape index (κ1) is 73.2. The summed E-state index contributed by atoms with van der Waals surface area (Å²) in [6, 6.07) is 0. The van der Waals surface area contributed by atoms with E-state index in [1.165, 1.54) is 0 Å². The van der Waals surface area contributed by atoms with E-state index in [-0.39, 0.29) is 0 Å². The monoisotopic (exact) mass is 1310 g/mol. The molecule has 8 aliphatic rings. The molecular formula is C48H82O41. The van der Waals surface area contributed by atoms with E-state index in [9.17, 15) is 133 Å². The van der Waals surface area contributed by atoms with Crippen molar-refractivity contribution in [2.24, 2.45) is 0 Å². The molecule has 41 heteroatoms. The summed E-state index contributed by atoms with van der Waals surface area (Å²) in [7, 11) is 0. The van der Waals surface area contributed by atoms with E-state index in [1.54, 1.807) is 0 Å². The first-order chi connectivity index (χ1) is 42.1. The van der Waals surface area contributed by atoms with E-state index in [1.807, 2.05) is 0 Å². The van der Waals surface area contributed by atoms with Crippen molar-refractivity contribution in [2.75, 3.05) is 52.9 Å². The molecule has 0 aromatic rings. The number of aliphatic hydroxyl groups excluding tert-OH is 26. The van der Waals surface area contributed by atoms with Crippen molar-refractivity contribution in [3.05, 3.63) is 0 Å². The third kappa shape index (κ3) is 15.5. The maximum Gasteiger partial charge on any atom is 0.187 e. The van der Waals surface area contributed by atoms with Gasteiger partial charge >= 0.3 is 0 Å². The lowest BCUT2D eigenvalue weighted by atomic mass is 9.95. The van der Waals surface area contributed by atoms with E-state index in [2.05, 4.69) is 0 Å². The largest absolute Gasteiger partial charge is 0.394 e. The van der Waals surface area contributed by atoms with E-state index < -0.39 is 299 Å². The van der Waals surface area contributed by atoms with Crippen LogP contribution in [0.3, 0.4) is 0 Å². The Labute approximate surface area is 501 Å². The molecule has 0 spiro atoms. The molecule has 0 unspecified atom stereocenters. The van der Waals surface area contributed by atoms with E-state index in [0.717, 1.165) is 0 Å². The molecule has 89 heavy (non-hydrogen) atoms. The van der Waals surface area contributed by atoms with Crippen molar-refractivity contribution in [1.29, 1.82) is 0 Å². The Kier molecular flexibility index (Phi) is 25.9. The molecule has 0 aromatic heterocycles. The normalized spacial score (nSPS) is 53.6. The molecule has 0 bridgehead atoms. The molecule has 40 atom stereocenters. The van der Waals surface area contributed by atoms with E-state index in [0.29, 0.717) is 0 Å². The number of hydrogen-bond donors (Lipinski definition) is 26. The number of hydrogen-bond acceptors (Lipinski definition) is 41. The van der Waals surface area contributed by atoms with E-state index in [4.69, 9.17) is 71.1 Å². The minimum Gasteiger partial charge on any atom is -0.394 e. The smallest absolute Gasteiger partial charge is 0.187 e. The second-order valence-electron chi connectivity index (χ2n) is 22.5. The van der Waals surface area contributed by atoms with Crippen LogP contribution < -0.4 is 0 Å². The van der Waals surface area contributed by atoms with Crippen molar-refractivity contribution < 1.29 is 204 Å². The molecule has 0 aromatic carbocycles. The van der Waals surface area contributed by atoms with Crippen molar-refractivity contribution >= 4 is 0 Å². The number of aliphatic hydroxyl groups is 26. The lowest BCUT2D eigenvalue weighted by Crippen LogP contribution is -2.68. The summed E-state index contributed by atoms with van der Waals surface area (Å²) >= 11 is 0. The third-order valence-electron chi connectivity index (χ3n) is 16.6. The summed E-state index contributed by atoms with van der Waals surface area (Å²) in [4.78, 5) is 0. The Balaban J connectivity index is 0.958. The Hall–Kier alpha value is -1.64. The standard InChI is InChI=1S/C48H82O41/c49-1-9-17(54)21(58)30(67)42(79-9)75-6-14-20(57)24(61)33(70)45(84-14)86-37-12(4-52)83-47(35(72)26(37)63)89-40-16(8-77-44-32(69)23(60)19(56)11(3-51)81-44)85-48(36(73)28(40)65)87-38-13(5-53)82-46(34(71)27(38)64)88-39-15(78-41(74)29(66)25(39)62)7-76-43-31(68)22(59)18(55)10(2-50)80-43/h9-74H,1-8H2/t9-,10-,11-,12-,13-,14-,15-,16-,17+,18+,19+,20-,21+,22+,23+,24+,25-,26-,27-,28-,29+,30-,31-,32-,33+,34+,35+,36+,37-,38-,39-,40-,41-,42+,43+,44+,45+,46+,47+,48+/m1/s1. The molecule has 520 valence electrons. The first-order valence-electron chi connectivity index (χ1n) is 28.2. The molecule has 0 saturated carbocycles. The fourth-order valence-corrected chi connectivity index (χ4v) is 11.2. The van der Waals surface area contributed by atoms with Crippen LogP contribution in [0, 0.1) is 0 Å². The second-order valence-corrected chi connectivity index (χ2v) is 22.5. The second kappa shape index (κ2) is 31.5. The highest BCUT2D eigenvalue weighted by atomic mass is 16.8. The van der Waals surface area contributed by atoms with Crippen LogP contribution in [0.25, 0.3) is 0 Å². The summed E-state index contributed by atoms with van der Waals surface area (Å²) in [5.41, 5.74) is 0. The summed E-state index contributed by atoms with van der Waals surface area (Å²) in [6.45, 7) is -7.57. The van der Waals surface area contributed by atoms with Gasteiger partial charge in [-0.05, 0) is 0 Å². The third-order valence-corrected chi connectivity index (χ3v) is 16.6. The predicted molar refractivity (Wildman–Crippen MR) is 264 cm³/mol. The van der Waals surface area contributed by atoms with Gasteiger partial charge in [-0.2, -0.15) is 0 Å². The fraction of sp³-hybridized carbons (Fsp3) is 1.00. The maximum absolute atomic E-state index is 11.8. The average molecular weight is 1320 g/mol. The minimum absolute atomic E-state index is 0.819. The van der Waals surface area contributed by atoms with Gasteiger partial charge in [0.25, 0.3) is 0 Å². The quantitative estimate of drug-likeness (QED) is 0.0479. The van der Waals surface area contributed by atoms with Gasteiger partial charge in [-0.3, -0.25) is 0 Å². The van der Waals surface area contributed by atoms with Crippen molar-refractivity contribution in [3.8, 4) is 0 Å². The lowest BCUT2D eigenvalue weighted by molar-refractivity contribution is -0.397. The summed E-state index contributed by atoms with van der Waals surface area (Å²) < 4.78 is 84.0. The average Bonchev–Trinajstić information content (AvgIpc) is 1.35. The zero-order valence-electron chi connectivity index (χ0n) is 46.5. The molecule has 8 saturated heterocycles. The molecule has 8 fully saturated rings. The van der Waals surface area contributed by atoms with Crippen LogP contribution in [-0.2, 0) is 71.1 Å². The SMILES string of the molecule is OC[C@H]1O[C@H](OC[C@H]2O[C@@H](O[C@H]3[C@H](O)[C@H](O)[C@H](O[C@H]4[C@H](O)[C@H](O)[C@H](O[C@H]5[C@H](O)[C@H](O)[C@H](O[C@H]6[C@H](O)[C@H](O)[C@H](O)O[C@@H]6CO[C@H]6O[C@H](CO)[C@H](O)[C@H](O)[C@H]6O)O[C@@H]5CO)O[C@@H]4CO[C@H]4O[C@H](CO)[C@H](O)[C@H](O)[C@H]4O)O[C@@H]3CO)[C@@H](O)[C@@H](O)[C@@H]2O)[C@H](O)[C@@H](O)[C@H]1O.